The summed E-state index contributed by atoms with van der Waals surface area (Å²) < 4.78 is 0.836. The number of nitrogens with one attached hydrogen (secondary N) is 1. The van der Waals surface area contributed by atoms with Crippen LogP contribution in [0.2, 0.25) is 0 Å². The average molecular weight is 348 g/mol. The van der Waals surface area contributed by atoms with Gasteiger partial charge in [0.15, 0.2) is 0 Å². The lowest BCUT2D eigenvalue weighted by Crippen LogP contribution is -2.44. The molecule has 106 valence electrons. The normalized spacial score (nSPS) is 22.4. The topological polar surface area (TPSA) is 55.1 Å². The minimum Gasteiger partial charge on any atom is -0.349 e. The maximum atomic E-state index is 12.2. The third kappa shape index (κ3) is 4.20. The molecule has 2 unspecified atom stereocenters. The molecular weight excluding hydrogens is 328 g/mol. The van der Waals surface area contributed by atoms with Crippen molar-refractivity contribution in [1.29, 1.82) is 0 Å². The molecule has 1 aliphatic carbocycles. The summed E-state index contributed by atoms with van der Waals surface area (Å²) in [7, 11) is 0. The Balaban J connectivity index is 0.00000180. The summed E-state index contributed by atoms with van der Waals surface area (Å²) in [4.78, 5) is 12.2. The number of benzene rings is 1. The number of amides is 1. The Hall–Kier alpha value is -0.580. The van der Waals surface area contributed by atoms with Gasteiger partial charge < -0.3 is 11.1 Å². The second-order valence-electron chi connectivity index (χ2n) is 4.84. The van der Waals surface area contributed by atoms with Crippen molar-refractivity contribution in [3.05, 3.63) is 34.3 Å². The zero-order valence-electron chi connectivity index (χ0n) is 10.8. The predicted octanol–water partition coefficient (Wildman–Crippen LogP) is 3.12. The molecule has 2 atom stereocenters. The number of rotatable bonds is 3. The SMILES string of the molecule is Cl.NCC1CCCCC1NC(=O)c1ccccc1Br. The van der Waals surface area contributed by atoms with Crippen LogP contribution in [0.1, 0.15) is 36.0 Å². The van der Waals surface area contributed by atoms with E-state index in [1.807, 2.05) is 24.3 Å². The standard InChI is InChI=1S/C14H19BrN2O.ClH/c15-12-7-3-2-6-11(12)14(18)17-13-8-4-1-5-10(13)9-16;/h2-3,6-7,10,13H,1,4-5,8-9,16H2,(H,17,18);1H. The van der Waals surface area contributed by atoms with E-state index in [4.69, 9.17) is 5.73 Å². The summed E-state index contributed by atoms with van der Waals surface area (Å²) in [6, 6.07) is 7.73. The number of carbonyl (C=O) groups excluding carboxylic acids is 1. The predicted molar refractivity (Wildman–Crippen MR) is 83.7 cm³/mol. The molecule has 0 bridgehead atoms. The van der Waals surface area contributed by atoms with Gasteiger partial charge in [0.2, 0.25) is 0 Å². The van der Waals surface area contributed by atoms with E-state index in [9.17, 15) is 4.79 Å². The van der Waals surface area contributed by atoms with Crippen LogP contribution in [0.15, 0.2) is 28.7 Å². The molecule has 2 rings (SSSR count). The van der Waals surface area contributed by atoms with Crippen LogP contribution in [0.25, 0.3) is 0 Å². The summed E-state index contributed by atoms with van der Waals surface area (Å²) in [5, 5.41) is 3.13. The molecule has 1 aromatic rings. The summed E-state index contributed by atoms with van der Waals surface area (Å²) in [5.74, 6) is 0.415. The molecule has 1 aliphatic rings. The van der Waals surface area contributed by atoms with Gasteiger partial charge in [0.25, 0.3) is 5.91 Å². The highest BCUT2D eigenvalue weighted by atomic mass is 79.9. The third-order valence-corrected chi connectivity index (χ3v) is 4.34. The minimum absolute atomic E-state index is 0. The van der Waals surface area contributed by atoms with Gasteiger partial charge in [-0.05, 0) is 53.4 Å². The highest BCUT2D eigenvalue weighted by molar-refractivity contribution is 9.10. The van der Waals surface area contributed by atoms with Crippen LogP contribution in [0.3, 0.4) is 0 Å². The lowest BCUT2D eigenvalue weighted by Gasteiger charge is -2.31. The molecule has 1 saturated carbocycles. The average Bonchev–Trinajstić information content (AvgIpc) is 2.39. The molecule has 0 saturated heterocycles. The van der Waals surface area contributed by atoms with Crippen LogP contribution in [0.4, 0.5) is 0 Å². The van der Waals surface area contributed by atoms with E-state index in [2.05, 4.69) is 21.2 Å². The molecule has 0 aromatic heterocycles. The van der Waals surface area contributed by atoms with Gasteiger partial charge in [0, 0.05) is 10.5 Å². The Kier molecular flexibility index (Phi) is 6.83. The summed E-state index contributed by atoms with van der Waals surface area (Å²) in [6.07, 6.45) is 4.57. The Morgan fingerprint density at radius 1 is 1.32 bits per heavy atom. The maximum Gasteiger partial charge on any atom is 0.252 e. The molecule has 1 aromatic carbocycles. The first kappa shape index (κ1) is 16.5. The first-order chi connectivity index (χ1) is 8.72. The van der Waals surface area contributed by atoms with Crippen molar-refractivity contribution >= 4 is 34.2 Å². The zero-order chi connectivity index (χ0) is 13.0. The van der Waals surface area contributed by atoms with E-state index in [0.717, 1.165) is 17.3 Å². The second kappa shape index (κ2) is 7.88. The van der Waals surface area contributed by atoms with Gasteiger partial charge >= 0.3 is 0 Å². The molecular formula is C14H20BrClN2O. The van der Waals surface area contributed by atoms with E-state index in [0.29, 0.717) is 18.0 Å². The second-order valence-corrected chi connectivity index (χ2v) is 5.69. The van der Waals surface area contributed by atoms with Crippen molar-refractivity contribution in [2.24, 2.45) is 11.7 Å². The molecule has 1 fully saturated rings. The molecule has 0 heterocycles. The van der Waals surface area contributed by atoms with Crippen molar-refractivity contribution in [3.8, 4) is 0 Å². The lowest BCUT2D eigenvalue weighted by molar-refractivity contribution is 0.0907. The third-order valence-electron chi connectivity index (χ3n) is 3.65. The molecule has 3 nitrogen and oxygen atoms in total. The van der Waals surface area contributed by atoms with E-state index in [1.54, 1.807) is 0 Å². The Bertz CT molecular complexity index is 428. The van der Waals surface area contributed by atoms with E-state index in [1.165, 1.54) is 12.8 Å². The number of halogens is 2. The fourth-order valence-corrected chi connectivity index (χ4v) is 3.04. The van der Waals surface area contributed by atoms with Crippen LogP contribution < -0.4 is 11.1 Å². The highest BCUT2D eigenvalue weighted by Gasteiger charge is 2.25. The monoisotopic (exact) mass is 346 g/mol. The van der Waals surface area contributed by atoms with E-state index >= 15 is 0 Å². The summed E-state index contributed by atoms with van der Waals surface area (Å²) >= 11 is 3.41. The van der Waals surface area contributed by atoms with Crippen molar-refractivity contribution in [3.63, 3.8) is 0 Å². The largest absolute Gasteiger partial charge is 0.349 e. The van der Waals surface area contributed by atoms with Crippen molar-refractivity contribution < 1.29 is 4.79 Å². The number of hydrogen-bond donors (Lipinski definition) is 2. The molecule has 19 heavy (non-hydrogen) atoms. The zero-order valence-corrected chi connectivity index (χ0v) is 13.2. The highest BCUT2D eigenvalue weighted by Crippen LogP contribution is 2.24. The fourth-order valence-electron chi connectivity index (χ4n) is 2.57. The molecule has 1 amide bonds. The fraction of sp³-hybridized carbons (Fsp3) is 0.500. The Morgan fingerprint density at radius 3 is 2.68 bits per heavy atom. The minimum atomic E-state index is -0.00664. The maximum absolute atomic E-state index is 12.2. The lowest BCUT2D eigenvalue weighted by atomic mass is 9.84. The molecule has 0 spiro atoms. The van der Waals surface area contributed by atoms with Gasteiger partial charge in [-0.25, -0.2) is 0 Å². The molecule has 0 radical (unpaired) electrons. The number of nitrogens with two attached hydrogens (primary N) is 1. The van der Waals surface area contributed by atoms with Gasteiger partial charge in [-0.1, -0.05) is 25.0 Å². The van der Waals surface area contributed by atoms with Gasteiger partial charge in [-0.3, -0.25) is 4.79 Å². The first-order valence-electron chi connectivity index (χ1n) is 6.48. The number of hydrogen-bond acceptors (Lipinski definition) is 2. The summed E-state index contributed by atoms with van der Waals surface area (Å²) in [5.41, 5.74) is 6.47. The van der Waals surface area contributed by atoms with E-state index < -0.39 is 0 Å². The van der Waals surface area contributed by atoms with Crippen LogP contribution >= 0.6 is 28.3 Å². The first-order valence-corrected chi connectivity index (χ1v) is 7.27. The summed E-state index contributed by atoms with van der Waals surface area (Å²) in [6.45, 7) is 0.654. The van der Waals surface area contributed by atoms with Crippen LogP contribution in [0, 0.1) is 5.92 Å². The Labute approximate surface area is 128 Å². The smallest absolute Gasteiger partial charge is 0.252 e. The molecule has 3 N–H and O–H groups in total. The van der Waals surface area contributed by atoms with Crippen molar-refractivity contribution in [2.75, 3.05) is 6.54 Å². The number of carbonyl (C=O) groups is 1. The van der Waals surface area contributed by atoms with Crippen molar-refractivity contribution in [1.82, 2.24) is 5.32 Å². The van der Waals surface area contributed by atoms with Gasteiger partial charge in [-0.15, -0.1) is 12.4 Å². The van der Waals surface area contributed by atoms with Gasteiger partial charge in [0.1, 0.15) is 0 Å². The van der Waals surface area contributed by atoms with E-state index in [-0.39, 0.29) is 24.4 Å². The Morgan fingerprint density at radius 2 is 2.00 bits per heavy atom. The van der Waals surface area contributed by atoms with Gasteiger partial charge in [0.05, 0.1) is 5.56 Å². The van der Waals surface area contributed by atoms with Crippen molar-refractivity contribution in [2.45, 2.75) is 31.7 Å². The molecule has 0 aliphatic heterocycles. The quantitative estimate of drug-likeness (QED) is 0.882. The van der Waals surface area contributed by atoms with Crippen LogP contribution in [-0.4, -0.2) is 18.5 Å². The molecule has 5 heteroatoms. The van der Waals surface area contributed by atoms with Gasteiger partial charge in [-0.2, -0.15) is 0 Å². The van der Waals surface area contributed by atoms with Crippen LogP contribution in [0.5, 0.6) is 0 Å². The van der Waals surface area contributed by atoms with Crippen LogP contribution in [-0.2, 0) is 0 Å².